The first-order chi connectivity index (χ1) is 31.4. The lowest BCUT2D eigenvalue weighted by molar-refractivity contribution is 0.0971. The maximum atomic E-state index is 13.9. The van der Waals surface area contributed by atoms with Crippen LogP contribution in [0, 0.1) is 34.9 Å². The molecule has 326 valence electrons. The molecule has 0 aliphatic carbocycles. The fraction of sp³-hybridized carbons (Fsp3) is 0.0870. The van der Waals surface area contributed by atoms with Crippen molar-refractivity contribution in [3.8, 4) is 22.9 Å². The molecule has 0 unspecified atom stereocenters. The molecule has 19 heteroatoms. The predicted octanol–water partition coefficient (Wildman–Crippen LogP) is 9.07. The molecule has 0 saturated heterocycles. The molecule has 0 saturated carbocycles. The molecule has 0 radical (unpaired) electrons. The molecule has 1 amide bonds. The number of amides is 1. The molecule has 6 aromatic heterocycles. The number of benzene rings is 3. The van der Waals surface area contributed by atoms with E-state index < -0.39 is 40.8 Å². The second-order valence-electron chi connectivity index (χ2n) is 14.3. The number of anilines is 1. The van der Waals surface area contributed by atoms with Crippen molar-refractivity contribution in [2.45, 2.75) is 26.1 Å². The molecule has 3 aromatic carbocycles. The van der Waals surface area contributed by atoms with Gasteiger partial charge in [-0.1, -0.05) is 40.6 Å². The summed E-state index contributed by atoms with van der Waals surface area (Å²) in [6.07, 6.45) is 9.41. The molecule has 9 aromatic rings. The summed E-state index contributed by atoms with van der Waals surface area (Å²) in [6.45, 7) is 0.218. The second-order valence-corrected chi connectivity index (χ2v) is 14.3. The van der Waals surface area contributed by atoms with Crippen molar-refractivity contribution in [3.63, 3.8) is 0 Å². The summed E-state index contributed by atoms with van der Waals surface area (Å²) >= 11 is 0. The second kappa shape index (κ2) is 19.3. The molecule has 13 nitrogen and oxygen atoms in total. The third-order valence-electron chi connectivity index (χ3n) is 9.57. The lowest BCUT2D eigenvalue weighted by Gasteiger charge is -2.20. The van der Waals surface area contributed by atoms with Gasteiger partial charge in [0.25, 0.3) is 5.91 Å². The van der Waals surface area contributed by atoms with E-state index in [0.29, 0.717) is 45.1 Å². The quantitative estimate of drug-likeness (QED) is 0.0810. The SMILES string of the molecule is O=C(Cc1cnn(Cc2ccc(F)c(F)c2)c1)c1cc(-c2ccccn2)on1.O=C(c1cc(-c2ccccn2)on1)N(Cc1ccc(F)c(F)c1)c1cnn(Cc2ccc(F)c(F)c2)c1. The van der Waals surface area contributed by atoms with Gasteiger partial charge in [0, 0.05) is 43.3 Å². The number of nitrogens with zero attached hydrogens (tertiary/aromatic N) is 9. The Kier molecular flexibility index (Phi) is 12.8. The van der Waals surface area contributed by atoms with Crippen LogP contribution in [-0.4, -0.2) is 51.5 Å². The summed E-state index contributed by atoms with van der Waals surface area (Å²) in [6, 6.07) is 24.0. The minimum atomic E-state index is -1.06. The number of carbonyl (C=O) groups excluding carboxylic acids is 2. The van der Waals surface area contributed by atoms with E-state index in [9.17, 15) is 35.9 Å². The average molecular weight is 888 g/mol. The highest BCUT2D eigenvalue weighted by molar-refractivity contribution is 6.05. The number of aromatic nitrogens is 8. The van der Waals surface area contributed by atoms with E-state index in [2.05, 4.69) is 30.5 Å². The maximum Gasteiger partial charge on any atom is 0.280 e. The van der Waals surface area contributed by atoms with Crippen LogP contribution >= 0.6 is 0 Å². The fourth-order valence-electron chi connectivity index (χ4n) is 6.37. The minimum Gasteiger partial charge on any atom is -0.354 e. The van der Waals surface area contributed by atoms with Crippen molar-refractivity contribution in [1.29, 1.82) is 0 Å². The Morgan fingerprint density at radius 1 is 0.538 bits per heavy atom. The maximum absolute atomic E-state index is 13.9. The molecule has 6 heterocycles. The first-order valence-electron chi connectivity index (χ1n) is 19.4. The number of hydrogen-bond acceptors (Lipinski definition) is 10. The average Bonchev–Trinajstić information content (AvgIpc) is 4.16. The third kappa shape index (κ3) is 10.6. The number of pyridine rings is 2. The summed E-state index contributed by atoms with van der Waals surface area (Å²) in [5.41, 5.74) is 3.53. The zero-order chi connectivity index (χ0) is 45.5. The Labute approximate surface area is 364 Å². The minimum absolute atomic E-state index is 0.0448. The van der Waals surface area contributed by atoms with Gasteiger partial charge in [-0.15, -0.1) is 0 Å². The number of rotatable bonds is 13. The smallest absolute Gasteiger partial charge is 0.280 e. The van der Waals surface area contributed by atoms with Gasteiger partial charge in [-0.2, -0.15) is 10.2 Å². The summed E-state index contributed by atoms with van der Waals surface area (Å²) < 4.78 is 94.0. The van der Waals surface area contributed by atoms with Gasteiger partial charge < -0.3 is 9.05 Å². The van der Waals surface area contributed by atoms with Crippen LogP contribution in [0.3, 0.4) is 0 Å². The van der Waals surface area contributed by atoms with E-state index in [1.807, 2.05) is 6.07 Å². The highest BCUT2D eigenvalue weighted by Crippen LogP contribution is 2.25. The summed E-state index contributed by atoms with van der Waals surface area (Å²) in [4.78, 5) is 35.5. The van der Waals surface area contributed by atoms with Crippen LogP contribution in [-0.2, 0) is 26.1 Å². The predicted molar refractivity (Wildman–Crippen MR) is 220 cm³/mol. The molecule has 0 aliphatic rings. The summed E-state index contributed by atoms with van der Waals surface area (Å²) in [5.74, 6) is -5.97. The molecule has 0 atom stereocenters. The van der Waals surface area contributed by atoms with Crippen molar-refractivity contribution < 1.29 is 45.0 Å². The van der Waals surface area contributed by atoms with Gasteiger partial charge in [-0.25, -0.2) is 26.3 Å². The number of hydrogen-bond donors (Lipinski definition) is 0. The fourth-order valence-corrected chi connectivity index (χ4v) is 6.37. The van der Waals surface area contributed by atoms with Crippen LogP contribution in [0.15, 0.2) is 149 Å². The van der Waals surface area contributed by atoms with E-state index in [0.717, 1.165) is 36.4 Å². The monoisotopic (exact) mass is 887 g/mol. The lowest BCUT2D eigenvalue weighted by Crippen LogP contribution is -2.30. The van der Waals surface area contributed by atoms with Gasteiger partial charge in [0.05, 0.1) is 37.7 Å². The van der Waals surface area contributed by atoms with Gasteiger partial charge >= 0.3 is 0 Å². The summed E-state index contributed by atoms with van der Waals surface area (Å²) in [5, 5.41) is 16.0. The Hall–Kier alpha value is -8.48. The van der Waals surface area contributed by atoms with Crippen molar-refractivity contribution in [2.75, 3.05) is 4.90 Å². The van der Waals surface area contributed by atoms with Crippen LogP contribution in [0.5, 0.6) is 0 Å². The normalized spacial score (nSPS) is 11.0. The number of ketones is 1. The molecular formula is C46H31F6N9O4. The highest BCUT2D eigenvalue weighted by atomic mass is 19.2. The molecule has 65 heavy (non-hydrogen) atoms. The van der Waals surface area contributed by atoms with Gasteiger partial charge in [0.15, 0.2) is 63.6 Å². The van der Waals surface area contributed by atoms with E-state index in [1.165, 1.54) is 46.2 Å². The van der Waals surface area contributed by atoms with Crippen LogP contribution < -0.4 is 4.90 Å². The third-order valence-corrected chi connectivity index (χ3v) is 9.57. The van der Waals surface area contributed by atoms with E-state index in [1.54, 1.807) is 65.9 Å². The summed E-state index contributed by atoms with van der Waals surface area (Å²) in [7, 11) is 0. The number of carbonyl (C=O) groups is 2. The zero-order valence-corrected chi connectivity index (χ0v) is 33.5. The van der Waals surface area contributed by atoms with Crippen LogP contribution in [0.1, 0.15) is 43.2 Å². The van der Waals surface area contributed by atoms with Crippen molar-refractivity contribution >= 4 is 17.4 Å². The van der Waals surface area contributed by atoms with Gasteiger partial charge in [0.2, 0.25) is 0 Å². The number of halogens is 6. The molecule has 0 spiro atoms. The van der Waals surface area contributed by atoms with Gasteiger partial charge in [-0.05, 0) is 82.9 Å². The Bertz CT molecular complexity index is 3100. The molecule has 0 aliphatic heterocycles. The van der Waals surface area contributed by atoms with E-state index in [-0.39, 0.29) is 49.0 Å². The van der Waals surface area contributed by atoms with Crippen LogP contribution in [0.25, 0.3) is 22.9 Å². The number of Topliss-reactive ketones (excluding diaryl/α,β-unsaturated/α-hetero) is 1. The molecule has 0 fully saturated rings. The first kappa shape index (κ1) is 43.2. The molecule has 0 bridgehead atoms. The lowest BCUT2D eigenvalue weighted by atomic mass is 10.1. The Balaban J connectivity index is 0.000000184. The Morgan fingerprint density at radius 3 is 1.60 bits per heavy atom. The molecular weight excluding hydrogens is 857 g/mol. The van der Waals surface area contributed by atoms with E-state index in [4.69, 9.17) is 9.05 Å². The molecule has 9 rings (SSSR count). The van der Waals surface area contributed by atoms with Crippen molar-refractivity contribution in [2.24, 2.45) is 0 Å². The van der Waals surface area contributed by atoms with E-state index >= 15 is 0 Å². The van der Waals surface area contributed by atoms with Gasteiger partial charge in [0.1, 0.15) is 11.4 Å². The van der Waals surface area contributed by atoms with Crippen LogP contribution in [0.4, 0.5) is 32.0 Å². The highest BCUT2D eigenvalue weighted by Gasteiger charge is 2.25. The van der Waals surface area contributed by atoms with Crippen molar-refractivity contribution in [3.05, 3.63) is 209 Å². The molecule has 0 N–H and O–H groups in total. The topological polar surface area (TPSA) is 151 Å². The van der Waals surface area contributed by atoms with Crippen LogP contribution in [0.2, 0.25) is 0 Å². The zero-order valence-electron chi connectivity index (χ0n) is 33.5. The van der Waals surface area contributed by atoms with Gasteiger partial charge in [-0.3, -0.25) is 33.8 Å². The standard InChI is InChI=1S/C26H17F4N5O2.C20H14F2N4O2/c27-19-6-4-16(9-21(19)29)13-34-15-18(12-32-34)35(14-17-5-7-20(28)22(30)10-17)26(36)24-11-25(37-33-24)23-3-1-2-8-31-23;21-15-5-4-13(7-16(15)22)11-26-12-14(10-24-26)8-19(27)18-9-20(28-25-18)17-3-1-2-6-23-17/h1-12,15H,13-14H2;1-7,9-10,12H,8,11H2. The van der Waals surface area contributed by atoms with Crippen molar-refractivity contribution in [1.82, 2.24) is 39.8 Å². The first-order valence-corrected chi connectivity index (χ1v) is 19.4. The Morgan fingerprint density at radius 2 is 1.05 bits per heavy atom. The largest absolute Gasteiger partial charge is 0.354 e.